The van der Waals surface area contributed by atoms with Gasteiger partial charge in [0.15, 0.2) is 13.8 Å². The first-order valence-corrected chi connectivity index (χ1v) is 27.5. The Kier molecular flexibility index (Phi) is 8.33. The Morgan fingerprint density at radius 3 is 2.08 bits per heavy atom. The summed E-state index contributed by atoms with van der Waals surface area (Å²) in [4.78, 5) is 2.55. The predicted molar refractivity (Wildman–Crippen MR) is 267 cm³/mol. The quantitative estimate of drug-likeness (QED) is 0.168. The number of hydrogen-bond donors (Lipinski definition) is 0. The molecule has 0 unspecified atom stereocenters. The van der Waals surface area contributed by atoms with Crippen LogP contribution >= 0.6 is 0 Å². The van der Waals surface area contributed by atoms with Crippen LogP contribution < -0.4 is 57.1 Å². The maximum Gasteiger partial charge on any atom is 0.240 e. The van der Waals surface area contributed by atoms with E-state index in [1.165, 1.54) is 67.0 Å². The monoisotopic (exact) mass is 835 g/mol. The lowest BCUT2D eigenvalue weighted by molar-refractivity contribution is 0.363. The molecule has 6 heteroatoms. The first kappa shape index (κ1) is 37.7. The van der Waals surface area contributed by atoms with Crippen molar-refractivity contribution in [3.8, 4) is 16.9 Å². The zero-order valence-electron chi connectivity index (χ0n) is 36.3. The summed E-state index contributed by atoms with van der Waals surface area (Å²) in [7, 11) is -5.30. The fourth-order valence-corrected chi connectivity index (χ4v) is 20.3. The predicted octanol–water partition coefficient (Wildman–Crippen LogP) is 8.06. The highest BCUT2D eigenvalue weighted by molar-refractivity contribution is 7.28. The summed E-state index contributed by atoms with van der Waals surface area (Å²) in [5.41, 5.74) is 12.8. The molecule has 12 rings (SSSR count). The van der Waals surface area contributed by atoms with Crippen LogP contribution in [0.4, 0.5) is 11.4 Å². The summed E-state index contributed by atoms with van der Waals surface area (Å²) < 4.78 is 12.9. The first-order chi connectivity index (χ1) is 30.1. The lowest BCUT2D eigenvalue weighted by Gasteiger charge is -2.49. The third-order valence-corrected chi connectivity index (χ3v) is 23.1. The molecular formula is C56H50BNO2Si2. The molecule has 0 radical (unpaired) electrons. The molecule has 3 nitrogen and oxygen atoms in total. The van der Waals surface area contributed by atoms with Crippen LogP contribution in [0.25, 0.3) is 22.1 Å². The van der Waals surface area contributed by atoms with Crippen molar-refractivity contribution in [3.63, 3.8) is 0 Å². The highest BCUT2D eigenvalue weighted by atomic mass is 28.3. The van der Waals surface area contributed by atoms with Crippen LogP contribution in [0.3, 0.4) is 0 Å². The van der Waals surface area contributed by atoms with Gasteiger partial charge in [0, 0.05) is 23.1 Å². The van der Waals surface area contributed by atoms with E-state index >= 15 is 0 Å². The lowest BCUT2D eigenvalue weighted by Crippen LogP contribution is -2.92. The van der Waals surface area contributed by atoms with Crippen molar-refractivity contribution in [1.82, 2.24) is 0 Å². The normalized spacial score (nSPS) is 16.8. The fraction of sp³-hybridized carbons (Fsp3) is 0.179. The van der Waals surface area contributed by atoms with Crippen LogP contribution in [-0.2, 0) is 5.41 Å². The highest BCUT2D eigenvalue weighted by Crippen LogP contribution is 2.46. The van der Waals surface area contributed by atoms with Crippen LogP contribution in [0.1, 0.15) is 52.0 Å². The smallest absolute Gasteiger partial charge is 0.240 e. The zero-order valence-corrected chi connectivity index (χ0v) is 38.3. The van der Waals surface area contributed by atoms with Gasteiger partial charge < -0.3 is 14.1 Å². The fourth-order valence-electron chi connectivity index (χ4n) is 11.7. The average Bonchev–Trinajstić information content (AvgIpc) is 3.74. The van der Waals surface area contributed by atoms with E-state index in [9.17, 15) is 0 Å². The van der Waals surface area contributed by atoms with Gasteiger partial charge in [-0.3, -0.25) is 0 Å². The number of furan rings is 1. The summed E-state index contributed by atoms with van der Waals surface area (Å²) in [6, 6.07) is 60.6. The molecule has 0 saturated carbocycles. The second kappa shape index (κ2) is 13.7. The second-order valence-corrected chi connectivity index (χ2v) is 27.5. The van der Waals surface area contributed by atoms with Crippen molar-refractivity contribution < 1.29 is 9.15 Å². The molecule has 0 amide bonds. The molecule has 4 aliphatic rings. The van der Waals surface area contributed by atoms with Crippen LogP contribution in [-0.4, -0.2) is 22.9 Å². The Hall–Kier alpha value is -6.08. The summed E-state index contributed by atoms with van der Waals surface area (Å²) in [6.45, 7) is 12.5. The molecule has 7 aromatic carbocycles. The number of para-hydroxylation sites is 3. The Balaban J connectivity index is 1.19. The molecule has 0 saturated heterocycles. The van der Waals surface area contributed by atoms with E-state index in [-0.39, 0.29) is 12.1 Å². The van der Waals surface area contributed by atoms with Crippen molar-refractivity contribution in [3.05, 3.63) is 181 Å². The minimum Gasteiger partial charge on any atom is -0.464 e. The third kappa shape index (κ3) is 5.36. The van der Waals surface area contributed by atoms with Gasteiger partial charge >= 0.3 is 0 Å². The molecule has 62 heavy (non-hydrogen) atoms. The van der Waals surface area contributed by atoms with E-state index in [0.29, 0.717) is 0 Å². The van der Waals surface area contributed by atoms with E-state index in [2.05, 4.69) is 196 Å². The molecule has 0 N–H and O–H groups in total. The molecule has 1 aliphatic carbocycles. The van der Waals surface area contributed by atoms with Gasteiger partial charge in [-0.05, 0) is 86.9 Å². The SMILES string of the molecule is CC(C)(C)c1cc2c3c(c1)[Si](c1ccccc1)(c1ccccc1)c1ccc(-c4coc5ccccc45)cc1B3c1ccc(N3C4=C(CCCC4)Oc4ccccc43)cc1[Si]2(C)C. The van der Waals surface area contributed by atoms with E-state index in [4.69, 9.17) is 9.15 Å². The van der Waals surface area contributed by atoms with Gasteiger partial charge in [-0.25, -0.2) is 0 Å². The minimum absolute atomic E-state index is 0.0466. The number of hydrogen-bond acceptors (Lipinski definition) is 3. The van der Waals surface area contributed by atoms with Crippen molar-refractivity contribution in [1.29, 1.82) is 0 Å². The Bertz CT molecular complexity index is 3100. The van der Waals surface area contributed by atoms with Gasteiger partial charge in [-0.15, -0.1) is 0 Å². The lowest BCUT2D eigenvalue weighted by atomic mass is 9.36. The average molecular weight is 836 g/mol. The van der Waals surface area contributed by atoms with E-state index < -0.39 is 16.1 Å². The maximum atomic E-state index is 6.63. The van der Waals surface area contributed by atoms with Crippen LogP contribution in [0, 0.1) is 0 Å². The van der Waals surface area contributed by atoms with Crippen LogP contribution in [0.5, 0.6) is 5.75 Å². The number of ether oxygens (including phenoxy) is 1. The van der Waals surface area contributed by atoms with Gasteiger partial charge in [0.1, 0.15) is 19.4 Å². The molecule has 0 fully saturated rings. The van der Waals surface area contributed by atoms with Gasteiger partial charge in [0.2, 0.25) is 6.71 Å². The molecule has 8 aromatic rings. The number of rotatable bonds is 4. The largest absolute Gasteiger partial charge is 0.464 e. The molecular weight excluding hydrogens is 786 g/mol. The van der Waals surface area contributed by atoms with E-state index in [0.717, 1.165) is 46.6 Å². The summed E-state index contributed by atoms with van der Waals surface area (Å²) in [6.07, 6.45) is 6.32. The molecule has 4 heterocycles. The van der Waals surface area contributed by atoms with Crippen LogP contribution in [0.2, 0.25) is 13.1 Å². The second-order valence-electron chi connectivity index (χ2n) is 19.5. The molecule has 302 valence electrons. The van der Waals surface area contributed by atoms with Gasteiger partial charge in [-0.2, -0.15) is 0 Å². The van der Waals surface area contributed by atoms with E-state index in [1.807, 2.05) is 6.26 Å². The maximum absolute atomic E-state index is 6.63. The zero-order chi connectivity index (χ0) is 42.0. The molecule has 1 aromatic heterocycles. The van der Waals surface area contributed by atoms with Crippen LogP contribution in [0.15, 0.2) is 180 Å². The summed E-state index contributed by atoms with van der Waals surface area (Å²) in [5, 5.41) is 10.2. The minimum atomic E-state index is -2.91. The van der Waals surface area contributed by atoms with Gasteiger partial charge in [-0.1, -0.05) is 188 Å². The number of anilines is 2. The summed E-state index contributed by atoms with van der Waals surface area (Å²) >= 11 is 0. The van der Waals surface area contributed by atoms with Crippen molar-refractivity contribution >= 4 is 92.7 Å². The standard InChI is InChI=1S/C56H50BNO2Si2/c1-56(2,3)38-33-53-55-54(34-38)62(40-18-8-6-9-19-40,41-20-10-7-11-21-41)51-31-28-37(43-36-59-48-25-15-12-22-42(43)48)32-45(51)57(55)44-30-29-39(35-52(44)61(53,4)5)58-46-23-13-16-26-49(46)60-50-27-17-14-24-47(50)58/h6-13,15-16,18-23,25-26,28-36H,14,17,24,27H2,1-5H3. The number of benzene rings is 7. The van der Waals surface area contributed by atoms with Gasteiger partial charge in [0.05, 0.1) is 17.6 Å². The third-order valence-electron chi connectivity index (χ3n) is 14.7. The molecule has 0 bridgehead atoms. The Morgan fingerprint density at radius 1 is 0.613 bits per heavy atom. The number of nitrogens with zero attached hydrogens (tertiary/aromatic N) is 1. The van der Waals surface area contributed by atoms with E-state index in [1.54, 1.807) is 15.8 Å². The summed E-state index contributed by atoms with van der Waals surface area (Å²) in [5.74, 6) is 2.09. The Morgan fingerprint density at radius 2 is 1.31 bits per heavy atom. The van der Waals surface area contributed by atoms with Gasteiger partial charge in [0.25, 0.3) is 0 Å². The molecule has 3 aliphatic heterocycles. The topological polar surface area (TPSA) is 25.6 Å². The van der Waals surface area contributed by atoms with Crippen molar-refractivity contribution in [2.45, 2.75) is 65.0 Å². The Labute approximate surface area is 367 Å². The molecule has 0 atom stereocenters. The highest BCUT2D eigenvalue weighted by Gasteiger charge is 2.55. The molecule has 0 spiro atoms. The number of fused-ring (bicyclic) bond motifs is 6. The van der Waals surface area contributed by atoms with Crippen molar-refractivity contribution in [2.75, 3.05) is 4.90 Å². The van der Waals surface area contributed by atoms with Crippen molar-refractivity contribution in [2.24, 2.45) is 0 Å². The first-order valence-electron chi connectivity index (χ1n) is 22.5. The number of allylic oxidation sites excluding steroid dienone is 2.